The number of primary amides is 2. The number of hydrogen-bond acceptors (Lipinski definition) is 6. The number of aliphatic carboxylic acids is 1. The van der Waals surface area contributed by atoms with Crippen molar-refractivity contribution in [2.45, 2.75) is 116 Å². The molecule has 1 aliphatic rings. The summed E-state index contributed by atoms with van der Waals surface area (Å²) >= 11 is 0. The van der Waals surface area contributed by atoms with Gasteiger partial charge < -0.3 is 26.6 Å². The maximum Gasteiger partial charge on any atom is 0.324 e. The van der Waals surface area contributed by atoms with Gasteiger partial charge in [-0.25, -0.2) is 0 Å². The molecule has 2 amide bonds. The summed E-state index contributed by atoms with van der Waals surface area (Å²) in [4.78, 5) is 44.9. The Morgan fingerprint density at radius 2 is 1.50 bits per heavy atom. The van der Waals surface area contributed by atoms with Crippen LogP contribution in [0.25, 0.3) is 0 Å². The number of carbonyl (C=O) groups excluding carboxylic acids is 3. The molecule has 34 heavy (non-hydrogen) atoms. The van der Waals surface area contributed by atoms with Gasteiger partial charge >= 0.3 is 11.9 Å². The van der Waals surface area contributed by atoms with E-state index < -0.39 is 29.3 Å². The molecule has 0 aromatic heterocycles. The molecule has 1 saturated heterocycles. The van der Waals surface area contributed by atoms with E-state index in [0.717, 1.165) is 25.7 Å². The van der Waals surface area contributed by atoms with Gasteiger partial charge in [-0.1, -0.05) is 71.6 Å². The van der Waals surface area contributed by atoms with Gasteiger partial charge in [-0.05, 0) is 25.8 Å². The number of carbonyl (C=O) groups is 4. The van der Waals surface area contributed by atoms with Gasteiger partial charge in [-0.2, -0.15) is 0 Å². The summed E-state index contributed by atoms with van der Waals surface area (Å²) in [5.41, 5.74) is 8.71. The Morgan fingerprint density at radius 1 is 0.941 bits per heavy atom. The van der Waals surface area contributed by atoms with E-state index in [9.17, 15) is 24.3 Å². The van der Waals surface area contributed by atoms with E-state index in [-0.39, 0.29) is 31.8 Å². The second-order valence-electron chi connectivity index (χ2n) is 9.15. The summed E-state index contributed by atoms with van der Waals surface area (Å²) in [7, 11) is 0. The SMILES string of the molecule is CCCC(N)=O.CCCCCCCCCCCCN[C@@]1(C(=O)O)CCC(=O)OCC1CC(N)=O. The van der Waals surface area contributed by atoms with Gasteiger partial charge in [0.1, 0.15) is 5.54 Å². The topological polar surface area (TPSA) is 162 Å². The van der Waals surface area contributed by atoms with Gasteiger partial charge in [0.2, 0.25) is 11.8 Å². The Hall–Kier alpha value is -2.16. The predicted molar refractivity (Wildman–Crippen MR) is 132 cm³/mol. The minimum absolute atomic E-state index is 0.0204. The van der Waals surface area contributed by atoms with Crippen molar-refractivity contribution in [1.29, 1.82) is 0 Å². The number of rotatable bonds is 17. The van der Waals surface area contributed by atoms with Crippen LogP contribution in [0.1, 0.15) is 110 Å². The van der Waals surface area contributed by atoms with Crippen LogP contribution in [0, 0.1) is 5.92 Å². The van der Waals surface area contributed by atoms with Crippen LogP contribution in [0.5, 0.6) is 0 Å². The van der Waals surface area contributed by atoms with E-state index in [1.54, 1.807) is 0 Å². The van der Waals surface area contributed by atoms with E-state index in [2.05, 4.69) is 12.2 Å². The standard InChI is InChI=1S/C21H38N2O5.C4H9NO/c1-2-3-4-5-6-7-8-9-10-11-14-23-21(20(26)27)13-12-19(25)28-16-17(21)15-18(22)24;1-2-3-4(5)6/h17,23H,2-16H2,1H3,(H2,22,24)(H,26,27);2-3H2,1H3,(H2,5,6)/t17?,21-;/m0./s1. The Bertz CT molecular complexity index is 613. The number of carboxylic acids is 1. The largest absolute Gasteiger partial charge is 0.480 e. The Balaban J connectivity index is 0.00000160. The average Bonchev–Trinajstić information content (AvgIpc) is 2.92. The highest BCUT2D eigenvalue weighted by Crippen LogP contribution is 2.30. The third-order valence-corrected chi connectivity index (χ3v) is 6.16. The Kier molecular flexibility index (Phi) is 18.0. The maximum absolute atomic E-state index is 12.1. The lowest BCUT2D eigenvalue weighted by Crippen LogP contribution is -2.59. The number of nitrogens with one attached hydrogen (secondary N) is 1. The fourth-order valence-electron chi connectivity index (χ4n) is 4.15. The fraction of sp³-hybridized carbons (Fsp3) is 0.840. The first-order valence-corrected chi connectivity index (χ1v) is 12.9. The summed E-state index contributed by atoms with van der Waals surface area (Å²) in [5, 5.41) is 13.0. The van der Waals surface area contributed by atoms with Crippen molar-refractivity contribution in [2.24, 2.45) is 17.4 Å². The number of esters is 1. The summed E-state index contributed by atoms with van der Waals surface area (Å²) in [6, 6.07) is 0. The third-order valence-electron chi connectivity index (χ3n) is 6.16. The summed E-state index contributed by atoms with van der Waals surface area (Å²) < 4.78 is 5.08. The van der Waals surface area contributed by atoms with E-state index >= 15 is 0 Å². The van der Waals surface area contributed by atoms with Crippen molar-refractivity contribution in [3.05, 3.63) is 0 Å². The van der Waals surface area contributed by atoms with Crippen LogP contribution in [0.4, 0.5) is 0 Å². The first-order valence-electron chi connectivity index (χ1n) is 12.9. The molecule has 0 radical (unpaired) electrons. The molecule has 1 rings (SSSR count). The number of ether oxygens (including phenoxy) is 1. The maximum atomic E-state index is 12.1. The van der Waals surface area contributed by atoms with Gasteiger partial charge in [0.15, 0.2) is 0 Å². The first kappa shape index (κ1) is 31.8. The van der Waals surface area contributed by atoms with Crippen LogP contribution in [-0.2, 0) is 23.9 Å². The molecule has 1 unspecified atom stereocenters. The third kappa shape index (κ3) is 14.2. The lowest BCUT2D eigenvalue weighted by atomic mass is 9.78. The zero-order valence-corrected chi connectivity index (χ0v) is 21.2. The molecule has 1 fully saturated rings. The van der Waals surface area contributed by atoms with Crippen LogP contribution < -0.4 is 16.8 Å². The normalized spacial score (nSPS) is 19.9. The minimum atomic E-state index is -1.35. The molecule has 0 aliphatic carbocycles. The smallest absolute Gasteiger partial charge is 0.324 e. The molecule has 0 spiro atoms. The van der Waals surface area contributed by atoms with Crippen molar-refractivity contribution < 1.29 is 29.0 Å². The van der Waals surface area contributed by atoms with Crippen molar-refractivity contribution in [2.75, 3.05) is 13.2 Å². The molecule has 2 atom stereocenters. The molecule has 0 aromatic rings. The van der Waals surface area contributed by atoms with Gasteiger partial charge in [0.05, 0.1) is 6.61 Å². The molecule has 198 valence electrons. The van der Waals surface area contributed by atoms with Gasteiger partial charge in [-0.3, -0.25) is 19.2 Å². The lowest BCUT2D eigenvalue weighted by molar-refractivity contribution is -0.150. The summed E-state index contributed by atoms with van der Waals surface area (Å²) in [6.07, 6.45) is 13.4. The summed E-state index contributed by atoms with van der Waals surface area (Å²) in [5.74, 6) is -2.94. The highest BCUT2D eigenvalue weighted by Gasteiger charge is 2.48. The number of cyclic esters (lactones) is 1. The predicted octanol–water partition coefficient (Wildman–Crippen LogP) is 3.42. The molecular weight excluding hydrogens is 438 g/mol. The number of carboxylic acid groups (broad SMARTS) is 1. The Labute approximate surface area is 204 Å². The van der Waals surface area contributed by atoms with Crippen LogP contribution in [-0.4, -0.2) is 47.6 Å². The monoisotopic (exact) mass is 485 g/mol. The van der Waals surface area contributed by atoms with E-state index in [1.807, 2.05) is 6.92 Å². The van der Waals surface area contributed by atoms with E-state index in [4.69, 9.17) is 16.2 Å². The van der Waals surface area contributed by atoms with Crippen molar-refractivity contribution in [1.82, 2.24) is 5.32 Å². The second-order valence-corrected chi connectivity index (χ2v) is 9.15. The molecule has 0 bridgehead atoms. The molecular formula is C25H47N3O6. The molecule has 9 nitrogen and oxygen atoms in total. The second kappa shape index (κ2) is 19.2. The number of hydrogen-bond donors (Lipinski definition) is 4. The molecule has 6 N–H and O–H groups in total. The fourth-order valence-corrected chi connectivity index (χ4v) is 4.15. The molecule has 0 saturated carbocycles. The Morgan fingerprint density at radius 3 is 1.94 bits per heavy atom. The minimum Gasteiger partial charge on any atom is -0.480 e. The lowest BCUT2D eigenvalue weighted by Gasteiger charge is -2.35. The van der Waals surface area contributed by atoms with Crippen LogP contribution in [0.15, 0.2) is 0 Å². The average molecular weight is 486 g/mol. The first-order chi connectivity index (χ1) is 16.2. The number of unbranched alkanes of at least 4 members (excludes halogenated alkanes) is 9. The van der Waals surface area contributed by atoms with Crippen LogP contribution in [0.2, 0.25) is 0 Å². The zero-order chi connectivity index (χ0) is 25.8. The van der Waals surface area contributed by atoms with Crippen LogP contribution >= 0.6 is 0 Å². The van der Waals surface area contributed by atoms with Crippen molar-refractivity contribution >= 4 is 23.8 Å². The van der Waals surface area contributed by atoms with E-state index in [1.165, 1.54) is 44.9 Å². The highest BCUT2D eigenvalue weighted by molar-refractivity contribution is 5.83. The van der Waals surface area contributed by atoms with Gasteiger partial charge in [0, 0.05) is 25.2 Å². The zero-order valence-electron chi connectivity index (χ0n) is 21.2. The molecule has 1 aliphatic heterocycles. The van der Waals surface area contributed by atoms with Gasteiger partial charge in [0.25, 0.3) is 0 Å². The highest BCUT2D eigenvalue weighted by atomic mass is 16.5. The van der Waals surface area contributed by atoms with Crippen molar-refractivity contribution in [3.63, 3.8) is 0 Å². The van der Waals surface area contributed by atoms with Crippen LogP contribution in [0.3, 0.4) is 0 Å². The number of nitrogens with two attached hydrogens (primary N) is 2. The molecule has 0 aromatic carbocycles. The molecule has 9 heteroatoms. The quantitative estimate of drug-likeness (QED) is 0.181. The van der Waals surface area contributed by atoms with Crippen molar-refractivity contribution in [3.8, 4) is 0 Å². The summed E-state index contributed by atoms with van der Waals surface area (Å²) in [6.45, 7) is 4.58. The molecule has 1 heterocycles. The van der Waals surface area contributed by atoms with Gasteiger partial charge in [-0.15, -0.1) is 0 Å². The number of amides is 2. The van der Waals surface area contributed by atoms with E-state index in [0.29, 0.717) is 13.0 Å².